The summed E-state index contributed by atoms with van der Waals surface area (Å²) in [5.41, 5.74) is 1.70. The number of nitrogens with one attached hydrogen (secondary N) is 1. The molecule has 1 unspecified atom stereocenters. The van der Waals surface area contributed by atoms with Gasteiger partial charge in [-0.1, -0.05) is 35.9 Å². The van der Waals surface area contributed by atoms with Gasteiger partial charge in [-0.15, -0.1) is 0 Å². The zero-order valence-corrected chi connectivity index (χ0v) is 12.2. The monoisotopic (exact) mass is 307 g/mol. The molecule has 2 rings (SSSR count). The largest absolute Gasteiger partial charge is 0.388 e. The fourth-order valence-corrected chi connectivity index (χ4v) is 2.13. The average molecular weight is 308 g/mol. The van der Waals surface area contributed by atoms with Crippen molar-refractivity contribution < 1.29 is 14.3 Å². The van der Waals surface area contributed by atoms with Gasteiger partial charge >= 0.3 is 0 Å². The molecule has 2 N–H and O–H groups in total. The first-order valence-corrected chi connectivity index (χ1v) is 6.83. The van der Waals surface area contributed by atoms with Gasteiger partial charge in [-0.25, -0.2) is 4.39 Å². The van der Waals surface area contributed by atoms with Gasteiger partial charge in [-0.2, -0.15) is 0 Å². The standard InChI is InChI=1S/C16H15ClFNO2/c1-10-4-2-7-13(16(10)17)19-15(21)9-14(20)11-5-3-6-12(18)8-11/h2-8,14,20H,9H2,1H3,(H,19,21). The fourth-order valence-electron chi connectivity index (χ4n) is 1.95. The molecule has 2 aromatic rings. The van der Waals surface area contributed by atoms with Crippen molar-refractivity contribution in [1.82, 2.24) is 0 Å². The van der Waals surface area contributed by atoms with Crippen molar-refractivity contribution >= 4 is 23.2 Å². The molecule has 1 amide bonds. The SMILES string of the molecule is Cc1cccc(NC(=O)CC(O)c2cccc(F)c2)c1Cl. The number of rotatable bonds is 4. The van der Waals surface area contributed by atoms with E-state index in [-0.39, 0.29) is 12.3 Å². The van der Waals surface area contributed by atoms with Crippen LogP contribution in [-0.2, 0) is 4.79 Å². The number of hydrogen-bond donors (Lipinski definition) is 2. The molecule has 0 saturated heterocycles. The predicted octanol–water partition coefficient (Wildman–Crippen LogP) is 3.85. The van der Waals surface area contributed by atoms with Gasteiger partial charge in [0.25, 0.3) is 0 Å². The van der Waals surface area contributed by atoms with Gasteiger partial charge in [-0.05, 0) is 36.2 Å². The summed E-state index contributed by atoms with van der Waals surface area (Å²) in [6.07, 6.45) is -1.24. The highest BCUT2D eigenvalue weighted by Crippen LogP contribution is 2.26. The number of anilines is 1. The van der Waals surface area contributed by atoms with Crippen molar-refractivity contribution in [3.8, 4) is 0 Å². The van der Waals surface area contributed by atoms with E-state index in [4.69, 9.17) is 11.6 Å². The van der Waals surface area contributed by atoms with Crippen molar-refractivity contribution in [3.05, 3.63) is 64.4 Å². The molecular formula is C16H15ClFNO2. The van der Waals surface area contributed by atoms with E-state index >= 15 is 0 Å². The lowest BCUT2D eigenvalue weighted by atomic mass is 10.1. The first kappa shape index (κ1) is 15.5. The van der Waals surface area contributed by atoms with Crippen LogP contribution in [0.25, 0.3) is 0 Å². The third-order valence-corrected chi connectivity index (χ3v) is 3.58. The van der Waals surface area contributed by atoms with Gasteiger partial charge in [0.1, 0.15) is 5.82 Å². The Bertz CT molecular complexity index is 660. The first-order chi connectivity index (χ1) is 9.97. The molecule has 2 aromatic carbocycles. The third-order valence-electron chi connectivity index (χ3n) is 3.08. The highest BCUT2D eigenvalue weighted by atomic mass is 35.5. The molecule has 110 valence electrons. The van der Waals surface area contributed by atoms with Gasteiger partial charge < -0.3 is 10.4 Å². The summed E-state index contributed by atoms with van der Waals surface area (Å²) >= 11 is 6.08. The minimum Gasteiger partial charge on any atom is -0.388 e. The first-order valence-electron chi connectivity index (χ1n) is 6.46. The van der Waals surface area contributed by atoms with Crippen LogP contribution in [0.3, 0.4) is 0 Å². The van der Waals surface area contributed by atoms with Gasteiger partial charge in [0.2, 0.25) is 5.91 Å². The van der Waals surface area contributed by atoms with Gasteiger partial charge in [0.05, 0.1) is 23.2 Å². The molecule has 5 heteroatoms. The summed E-state index contributed by atoms with van der Waals surface area (Å²) in [6.45, 7) is 1.83. The van der Waals surface area contributed by atoms with E-state index in [1.807, 2.05) is 13.0 Å². The second-order valence-electron chi connectivity index (χ2n) is 4.76. The Kier molecular flexibility index (Phi) is 4.94. The Morgan fingerprint density at radius 3 is 2.76 bits per heavy atom. The van der Waals surface area contributed by atoms with Crippen LogP contribution in [0.15, 0.2) is 42.5 Å². The average Bonchev–Trinajstić information content (AvgIpc) is 2.44. The van der Waals surface area contributed by atoms with Crippen molar-refractivity contribution in [2.75, 3.05) is 5.32 Å². The fraction of sp³-hybridized carbons (Fsp3) is 0.188. The Labute approximate surface area is 127 Å². The zero-order valence-electron chi connectivity index (χ0n) is 11.4. The summed E-state index contributed by atoms with van der Waals surface area (Å²) in [5, 5.41) is 13.1. The van der Waals surface area contributed by atoms with E-state index in [1.54, 1.807) is 18.2 Å². The Hall–Kier alpha value is -1.91. The number of carbonyl (C=O) groups is 1. The normalized spacial score (nSPS) is 12.0. The lowest BCUT2D eigenvalue weighted by Gasteiger charge is -2.13. The lowest BCUT2D eigenvalue weighted by molar-refractivity contribution is -0.118. The summed E-state index contributed by atoms with van der Waals surface area (Å²) in [7, 11) is 0. The van der Waals surface area contributed by atoms with E-state index in [2.05, 4.69) is 5.32 Å². The molecule has 0 aliphatic rings. The molecular weight excluding hydrogens is 293 g/mol. The molecule has 1 atom stereocenters. The van der Waals surface area contributed by atoms with Crippen molar-refractivity contribution in [1.29, 1.82) is 0 Å². The van der Waals surface area contributed by atoms with E-state index in [0.29, 0.717) is 16.3 Å². The maximum atomic E-state index is 13.1. The van der Waals surface area contributed by atoms with Gasteiger partial charge in [0, 0.05) is 0 Å². The lowest BCUT2D eigenvalue weighted by Crippen LogP contribution is -2.16. The molecule has 0 aliphatic carbocycles. The summed E-state index contributed by atoms with van der Waals surface area (Å²) < 4.78 is 13.1. The second kappa shape index (κ2) is 6.70. The third kappa shape index (κ3) is 4.03. The number of carbonyl (C=O) groups excluding carboxylic acids is 1. The molecule has 21 heavy (non-hydrogen) atoms. The molecule has 0 aromatic heterocycles. The van der Waals surface area contributed by atoms with Crippen LogP contribution < -0.4 is 5.32 Å². The predicted molar refractivity (Wildman–Crippen MR) is 80.8 cm³/mol. The molecule has 0 radical (unpaired) electrons. The smallest absolute Gasteiger partial charge is 0.227 e. The molecule has 0 spiro atoms. The van der Waals surface area contributed by atoms with Gasteiger partial charge in [-0.3, -0.25) is 4.79 Å². The molecule has 3 nitrogen and oxygen atoms in total. The number of aliphatic hydroxyl groups is 1. The van der Waals surface area contributed by atoms with Crippen LogP contribution in [0.4, 0.5) is 10.1 Å². The van der Waals surface area contributed by atoms with Crippen LogP contribution in [0, 0.1) is 12.7 Å². The van der Waals surface area contributed by atoms with E-state index in [1.165, 1.54) is 18.2 Å². The van der Waals surface area contributed by atoms with Crippen molar-refractivity contribution in [2.24, 2.45) is 0 Å². The molecule has 0 heterocycles. The van der Waals surface area contributed by atoms with Crippen LogP contribution in [0.1, 0.15) is 23.7 Å². The second-order valence-corrected chi connectivity index (χ2v) is 5.14. The number of benzene rings is 2. The van der Waals surface area contributed by atoms with Gasteiger partial charge in [0.15, 0.2) is 0 Å². The number of amides is 1. The van der Waals surface area contributed by atoms with Crippen molar-refractivity contribution in [2.45, 2.75) is 19.4 Å². The minimum atomic E-state index is -1.07. The maximum absolute atomic E-state index is 13.1. The molecule has 0 aliphatic heterocycles. The van der Waals surface area contributed by atoms with Crippen molar-refractivity contribution in [3.63, 3.8) is 0 Å². The topological polar surface area (TPSA) is 49.3 Å². The maximum Gasteiger partial charge on any atom is 0.227 e. The number of aryl methyl sites for hydroxylation is 1. The summed E-state index contributed by atoms with van der Waals surface area (Å²) in [5.74, 6) is -0.840. The van der Waals surface area contributed by atoms with Crippen LogP contribution in [0.2, 0.25) is 5.02 Å². The molecule has 0 bridgehead atoms. The van der Waals surface area contributed by atoms with Crippen LogP contribution >= 0.6 is 11.6 Å². The van der Waals surface area contributed by atoms with E-state index in [0.717, 1.165) is 5.56 Å². The highest BCUT2D eigenvalue weighted by molar-refractivity contribution is 6.34. The zero-order chi connectivity index (χ0) is 15.4. The minimum absolute atomic E-state index is 0.173. The number of hydrogen-bond acceptors (Lipinski definition) is 2. The molecule has 0 fully saturated rings. The highest BCUT2D eigenvalue weighted by Gasteiger charge is 2.15. The summed E-state index contributed by atoms with van der Waals surface area (Å²) in [6, 6.07) is 10.8. The molecule has 0 saturated carbocycles. The Morgan fingerprint density at radius 1 is 1.33 bits per heavy atom. The number of halogens is 2. The van der Waals surface area contributed by atoms with E-state index < -0.39 is 11.9 Å². The quantitative estimate of drug-likeness (QED) is 0.901. The van der Waals surface area contributed by atoms with Crippen LogP contribution in [0.5, 0.6) is 0 Å². The Morgan fingerprint density at radius 2 is 2.05 bits per heavy atom. The Balaban J connectivity index is 2.03. The van der Waals surface area contributed by atoms with E-state index in [9.17, 15) is 14.3 Å². The summed E-state index contributed by atoms with van der Waals surface area (Å²) in [4.78, 5) is 11.9. The van der Waals surface area contributed by atoms with Crippen LogP contribution in [-0.4, -0.2) is 11.0 Å². The number of aliphatic hydroxyl groups excluding tert-OH is 1.